The number of amides is 2. The van der Waals surface area contributed by atoms with Crippen molar-refractivity contribution in [3.63, 3.8) is 0 Å². The highest BCUT2D eigenvalue weighted by Gasteiger charge is 2.29. The Labute approximate surface area is 193 Å². The minimum absolute atomic E-state index is 0.0662. The smallest absolute Gasteiger partial charge is 0.303 e. The van der Waals surface area contributed by atoms with Gasteiger partial charge >= 0.3 is 5.97 Å². The number of benzene rings is 3. The summed E-state index contributed by atoms with van der Waals surface area (Å²) < 4.78 is 0. The van der Waals surface area contributed by atoms with E-state index < -0.39 is 23.8 Å². The highest BCUT2D eigenvalue weighted by atomic mass is 16.4. The van der Waals surface area contributed by atoms with E-state index in [0.29, 0.717) is 5.56 Å². The molecule has 0 saturated heterocycles. The lowest BCUT2D eigenvalue weighted by atomic mass is 10.0. The summed E-state index contributed by atoms with van der Waals surface area (Å²) in [5.74, 6) is -2.19. The zero-order valence-corrected chi connectivity index (χ0v) is 18.2. The molecule has 3 aromatic rings. The van der Waals surface area contributed by atoms with E-state index in [4.69, 9.17) is 10.8 Å². The number of rotatable bonds is 10. The molecule has 168 valence electrons. The number of nitrogens with two attached hydrogens (primary N) is 1. The topological polar surface area (TPSA) is 101 Å². The van der Waals surface area contributed by atoms with Gasteiger partial charge in [0, 0.05) is 18.5 Å². The predicted octanol–water partition coefficient (Wildman–Crippen LogP) is 4.36. The zero-order valence-electron chi connectivity index (χ0n) is 18.2. The molecule has 2 amide bonds. The third kappa shape index (κ3) is 6.17. The minimum Gasteiger partial charge on any atom is -0.481 e. The van der Waals surface area contributed by atoms with Crippen LogP contribution in [0.3, 0.4) is 0 Å². The Balaban J connectivity index is 1.92. The predicted molar refractivity (Wildman–Crippen MR) is 128 cm³/mol. The second-order valence-corrected chi connectivity index (χ2v) is 7.67. The lowest BCUT2D eigenvalue weighted by molar-refractivity contribution is -0.137. The van der Waals surface area contributed by atoms with Gasteiger partial charge in [-0.25, -0.2) is 0 Å². The molecule has 0 bridgehead atoms. The van der Waals surface area contributed by atoms with Gasteiger partial charge in [0.05, 0.1) is 0 Å². The van der Waals surface area contributed by atoms with Gasteiger partial charge in [0.25, 0.3) is 5.91 Å². The maximum Gasteiger partial charge on any atom is 0.303 e. The first kappa shape index (κ1) is 23.5. The van der Waals surface area contributed by atoms with Crippen molar-refractivity contribution in [1.82, 2.24) is 4.90 Å². The molecule has 0 spiro atoms. The molecule has 3 N–H and O–H groups in total. The molecule has 3 aromatic carbocycles. The summed E-state index contributed by atoms with van der Waals surface area (Å²) in [6, 6.07) is 23.2. The summed E-state index contributed by atoms with van der Waals surface area (Å²) >= 11 is 0. The summed E-state index contributed by atoms with van der Waals surface area (Å²) in [6.45, 7) is 3.84. The first-order valence-electron chi connectivity index (χ1n) is 10.6. The van der Waals surface area contributed by atoms with Crippen LogP contribution in [-0.2, 0) is 16.1 Å². The monoisotopic (exact) mass is 442 g/mol. The Hall–Kier alpha value is -4.19. The molecule has 0 aromatic heterocycles. The highest BCUT2D eigenvalue weighted by molar-refractivity contribution is 5.97. The van der Waals surface area contributed by atoms with Crippen LogP contribution in [0.1, 0.15) is 34.3 Å². The minimum atomic E-state index is -1.06. The van der Waals surface area contributed by atoms with Crippen LogP contribution in [0.5, 0.6) is 0 Å². The van der Waals surface area contributed by atoms with Crippen molar-refractivity contribution >= 4 is 23.9 Å². The summed E-state index contributed by atoms with van der Waals surface area (Å²) in [7, 11) is 0. The van der Waals surface area contributed by atoms with E-state index in [1.54, 1.807) is 18.2 Å². The molecule has 0 saturated carbocycles. The number of aliphatic carboxylic acids is 1. The molecule has 6 heteroatoms. The molecule has 0 radical (unpaired) electrons. The SMILES string of the molecule is C=Cc1ccc(CN(C(=O)c2ccc(-c3ccccc3)cc2)[C@@H](CCC(=O)O)C(N)=O)cc1. The molecule has 0 unspecified atom stereocenters. The molecular weight excluding hydrogens is 416 g/mol. The number of hydrogen-bond donors (Lipinski definition) is 2. The normalized spacial score (nSPS) is 11.4. The van der Waals surface area contributed by atoms with E-state index in [2.05, 4.69) is 6.58 Å². The first-order chi connectivity index (χ1) is 15.9. The fourth-order valence-corrected chi connectivity index (χ4v) is 3.59. The number of carbonyl (C=O) groups excluding carboxylic acids is 2. The van der Waals surface area contributed by atoms with Crippen molar-refractivity contribution in [3.8, 4) is 11.1 Å². The number of hydrogen-bond acceptors (Lipinski definition) is 3. The van der Waals surface area contributed by atoms with Gasteiger partial charge in [-0.15, -0.1) is 0 Å². The van der Waals surface area contributed by atoms with Gasteiger partial charge < -0.3 is 15.7 Å². The maximum atomic E-state index is 13.5. The molecule has 1 atom stereocenters. The molecule has 0 aliphatic heterocycles. The number of carboxylic acid groups (broad SMARTS) is 1. The molecule has 0 aliphatic carbocycles. The van der Waals surface area contributed by atoms with Gasteiger partial charge in [0.2, 0.25) is 5.91 Å². The quantitative estimate of drug-likeness (QED) is 0.487. The third-order valence-corrected chi connectivity index (χ3v) is 5.40. The number of primary amides is 1. The van der Waals surface area contributed by atoms with Crippen LogP contribution < -0.4 is 5.73 Å². The largest absolute Gasteiger partial charge is 0.481 e. The van der Waals surface area contributed by atoms with Crippen LogP contribution in [-0.4, -0.2) is 33.8 Å². The summed E-state index contributed by atoms with van der Waals surface area (Å²) in [5, 5.41) is 9.10. The van der Waals surface area contributed by atoms with Gasteiger partial charge in [-0.05, 0) is 40.8 Å². The van der Waals surface area contributed by atoms with Crippen molar-refractivity contribution < 1.29 is 19.5 Å². The van der Waals surface area contributed by atoms with Gasteiger partial charge in [0.1, 0.15) is 6.04 Å². The van der Waals surface area contributed by atoms with Crippen molar-refractivity contribution in [3.05, 3.63) is 102 Å². The lowest BCUT2D eigenvalue weighted by Crippen LogP contribution is -2.47. The maximum absolute atomic E-state index is 13.5. The Kier molecular flexibility index (Phi) is 7.76. The lowest BCUT2D eigenvalue weighted by Gasteiger charge is -2.30. The van der Waals surface area contributed by atoms with Crippen LogP contribution in [0.2, 0.25) is 0 Å². The standard InChI is InChI=1S/C27H26N2O4/c1-2-19-8-10-20(11-9-19)18-29(24(26(28)32)16-17-25(30)31)27(33)23-14-12-22(13-15-23)21-6-4-3-5-7-21/h2-15,24H,1,16-18H2,(H2,28,32)(H,30,31)/t24-/m0/s1. The highest BCUT2D eigenvalue weighted by Crippen LogP contribution is 2.22. The number of carboxylic acids is 1. The number of nitrogens with zero attached hydrogens (tertiary/aromatic N) is 1. The van der Waals surface area contributed by atoms with Gasteiger partial charge in [0.15, 0.2) is 0 Å². The Morgan fingerprint density at radius 3 is 2.06 bits per heavy atom. The second kappa shape index (κ2) is 10.9. The van der Waals surface area contributed by atoms with E-state index in [0.717, 1.165) is 22.3 Å². The van der Waals surface area contributed by atoms with Crippen molar-refractivity contribution in [1.29, 1.82) is 0 Å². The fourth-order valence-electron chi connectivity index (χ4n) is 3.59. The summed E-state index contributed by atoms with van der Waals surface area (Å²) in [6.07, 6.45) is 1.36. The van der Waals surface area contributed by atoms with Crippen molar-refractivity contribution in [2.45, 2.75) is 25.4 Å². The molecule has 3 rings (SSSR count). The molecular formula is C27H26N2O4. The van der Waals surface area contributed by atoms with Crippen molar-refractivity contribution in [2.75, 3.05) is 0 Å². The van der Waals surface area contributed by atoms with Crippen LogP contribution in [0.4, 0.5) is 0 Å². The second-order valence-electron chi connectivity index (χ2n) is 7.67. The Morgan fingerprint density at radius 1 is 0.909 bits per heavy atom. The van der Waals surface area contributed by atoms with Gasteiger partial charge in [-0.1, -0.05) is 79.4 Å². The van der Waals surface area contributed by atoms with E-state index in [1.165, 1.54) is 4.90 Å². The van der Waals surface area contributed by atoms with E-state index in [1.807, 2.05) is 66.7 Å². The van der Waals surface area contributed by atoms with Crippen LogP contribution in [0, 0.1) is 0 Å². The van der Waals surface area contributed by atoms with Crippen LogP contribution >= 0.6 is 0 Å². The first-order valence-corrected chi connectivity index (χ1v) is 10.6. The molecule has 6 nitrogen and oxygen atoms in total. The van der Waals surface area contributed by atoms with Crippen molar-refractivity contribution in [2.24, 2.45) is 5.73 Å². The van der Waals surface area contributed by atoms with E-state index in [-0.39, 0.29) is 19.4 Å². The third-order valence-electron chi connectivity index (χ3n) is 5.40. The zero-order chi connectivity index (χ0) is 23.8. The average Bonchev–Trinajstić information content (AvgIpc) is 2.83. The summed E-state index contributed by atoms with van der Waals surface area (Å²) in [5.41, 5.74) is 9.67. The Morgan fingerprint density at radius 2 is 1.52 bits per heavy atom. The van der Waals surface area contributed by atoms with E-state index in [9.17, 15) is 14.4 Å². The van der Waals surface area contributed by atoms with Crippen LogP contribution in [0.25, 0.3) is 17.2 Å². The summed E-state index contributed by atoms with van der Waals surface area (Å²) in [4.78, 5) is 38.2. The average molecular weight is 443 g/mol. The molecule has 0 heterocycles. The fraction of sp³-hybridized carbons (Fsp3) is 0.148. The Bertz CT molecular complexity index is 1120. The molecule has 0 aliphatic rings. The van der Waals surface area contributed by atoms with E-state index >= 15 is 0 Å². The number of carbonyl (C=O) groups is 3. The van der Waals surface area contributed by atoms with Gasteiger partial charge in [-0.3, -0.25) is 14.4 Å². The van der Waals surface area contributed by atoms with Gasteiger partial charge in [-0.2, -0.15) is 0 Å². The molecule has 0 fully saturated rings. The molecule has 33 heavy (non-hydrogen) atoms. The van der Waals surface area contributed by atoms with Crippen LogP contribution in [0.15, 0.2) is 85.4 Å².